The number of benzene rings is 2. The van der Waals surface area contributed by atoms with Gasteiger partial charge in [-0.25, -0.2) is 4.79 Å². The van der Waals surface area contributed by atoms with Gasteiger partial charge in [0.1, 0.15) is 17.9 Å². The van der Waals surface area contributed by atoms with Crippen molar-refractivity contribution < 1.29 is 24.2 Å². The number of carboxylic acids is 1. The lowest BCUT2D eigenvalue weighted by Gasteiger charge is -2.31. The van der Waals surface area contributed by atoms with Gasteiger partial charge in [0.05, 0.1) is 35.6 Å². The van der Waals surface area contributed by atoms with Gasteiger partial charge in [-0.15, -0.1) is 0 Å². The fourth-order valence-corrected chi connectivity index (χ4v) is 4.43. The van der Waals surface area contributed by atoms with Crippen molar-refractivity contribution in [3.63, 3.8) is 0 Å². The summed E-state index contributed by atoms with van der Waals surface area (Å²) in [6, 6.07) is 18.0. The van der Waals surface area contributed by atoms with Gasteiger partial charge in [0, 0.05) is 12.6 Å². The SMILES string of the molecule is O=C(O)c1ccccc1C(=O)N1C[C@@H]2C[C@H]1C(=O)N(Cc1ccccn1)c1ccccc1O2. The van der Waals surface area contributed by atoms with E-state index in [9.17, 15) is 19.5 Å². The van der Waals surface area contributed by atoms with Crippen LogP contribution in [0, 0.1) is 0 Å². The molecule has 166 valence electrons. The Balaban J connectivity index is 1.54. The lowest BCUT2D eigenvalue weighted by Crippen LogP contribution is -2.48. The Morgan fingerprint density at radius 2 is 1.73 bits per heavy atom. The summed E-state index contributed by atoms with van der Waals surface area (Å²) in [5, 5.41) is 9.53. The van der Waals surface area contributed by atoms with Crippen LogP contribution in [0.5, 0.6) is 5.75 Å². The van der Waals surface area contributed by atoms with Gasteiger partial charge in [-0.2, -0.15) is 0 Å². The summed E-state index contributed by atoms with van der Waals surface area (Å²) in [6.07, 6.45) is 1.61. The number of pyridine rings is 1. The Labute approximate surface area is 190 Å². The molecule has 1 saturated heterocycles. The molecule has 0 saturated carbocycles. The molecule has 5 rings (SSSR count). The maximum atomic E-state index is 13.8. The lowest BCUT2D eigenvalue weighted by atomic mass is 10.1. The first kappa shape index (κ1) is 20.7. The number of aromatic carboxylic acids is 1. The summed E-state index contributed by atoms with van der Waals surface area (Å²) in [5.41, 5.74) is 1.27. The molecule has 2 aliphatic rings. The lowest BCUT2D eigenvalue weighted by molar-refractivity contribution is -0.122. The molecule has 2 bridgehead atoms. The molecule has 1 fully saturated rings. The first-order chi connectivity index (χ1) is 16.0. The summed E-state index contributed by atoms with van der Waals surface area (Å²) in [4.78, 5) is 46.3. The van der Waals surface area contributed by atoms with Crippen LogP contribution in [0.15, 0.2) is 72.9 Å². The van der Waals surface area contributed by atoms with Crippen LogP contribution in [0.3, 0.4) is 0 Å². The summed E-state index contributed by atoms with van der Waals surface area (Å²) in [6.45, 7) is 0.407. The molecule has 0 aliphatic carbocycles. The number of carbonyl (C=O) groups is 3. The Bertz CT molecular complexity index is 1230. The van der Waals surface area contributed by atoms with E-state index in [1.165, 1.54) is 17.0 Å². The summed E-state index contributed by atoms with van der Waals surface area (Å²) < 4.78 is 6.21. The van der Waals surface area contributed by atoms with Crippen molar-refractivity contribution in [3.05, 3.63) is 89.7 Å². The molecule has 2 atom stereocenters. The van der Waals surface area contributed by atoms with Crippen LogP contribution in [0.1, 0.15) is 32.8 Å². The van der Waals surface area contributed by atoms with E-state index in [1.807, 2.05) is 30.3 Å². The predicted octanol–water partition coefficient (Wildman–Crippen LogP) is 2.99. The second kappa shape index (κ2) is 8.38. The molecule has 3 heterocycles. The zero-order chi connectivity index (χ0) is 22.9. The number of fused-ring (bicyclic) bond motifs is 3. The van der Waals surface area contributed by atoms with Gasteiger partial charge in [0.2, 0.25) is 5.91 Å². The van der Waals surface area contributed by atoms with E-state index in [2.05, 4.69) is 4.98 Å². The molecule has 33 heavy (non-hydrogen) atoms. The highest BCUT2D eigenvalue weighted by Crippen LogP contribution is 2.37. The molecule has 0 unspecified atom stereocenters. The van der Waals surface area contributed by atoms with E-state index in [0.29, 0.717) is 23.6 Å². The Morgan fingerprint density at radius 1 is 1.00 bits per heavy atom. The van der Waals surface area contributed by atoms with E-state index >= 15 is 0 Å². The molecular formula is C25H21N3O5. The van der Waals surface area contributed by atoms with E-state index in [4.69, 9.17) is 4.74 Å². The van der Waals surface area contributed by atoms with E-state index in [1.54, 1.807) is 35.4 Å². The number of rotatable bonds is 4. The van der Waals surface area contributed by atoms with Crippen molar-refractivity contribution in [3.8, 4) is 5.75 Å². The summed E-state index contributed by atoms with van der Waals surface area (Å²) in [7, 11) is 0. The molecule has 2 aromatic carbocycles. The zero-order valence-electron chi connectivity index (χ0n) is 17.6. The van der Waals surface area contributed by atoms with Crippen LogP contribution in [-0.2, 0) is 11.3 Å². The topological polar surface area (TPSA) is 100 Å². The minimum absolute atomic E-state index is 0.0523. The first-order valence-electron chi connectivity index (χ1n) is 10.6. The number of aromatic nitrogens is 1. The molecular weight excluding hydrogens is 422 g/mol. The maximum absolute atomic E-state index is 13.8. The minimum atomic E-state index is -1.19. The van der Waals surface area contributed by atoms with Crippen molar-refractivity contribution in [2.75, 3.05) is 11.4 Å². The van der Waals surface area contributed by atoms with Gasteiger partial charge in [-0.1, -0.05) is 30.3 Å². The Hall–Kier alpha value is -4.20. The number of carbonyl (C=O) groups excluding carboxylic acids is 2. The number of likely N-dealkylation sites (tertiary alicyclic amines) is 1. The van der Waals surface area contributed by atoms with E-state index < -0.39 is 17.9 Å². The van der Waals surface area contributed by atoms with Crippen LogP contribution in [0.25, 0.3) is 0 Å². The minimum Gasteiger partial charge on any atom is -0.486 e. The molecule has 3 aromatic rings. The fraction of sp³-hybridized carbons (Fsp3) is 0.200. The second-order valence-electron chi connectivity index (χ2n) is 8.01. The molecule has 2 amide bonds. The largest absolute Gasteiger partial charge is 0.486 e. The molecule has 2 aliphatic heterocycles. The fourth-order valence-electron chi connectivity index (χ4n) is 4.43. The third-order valence-electron chi connectivity index (χ3n) is 5.96. The first-order valence-corrected chi connectivity index (χ1v) is 10.6. The highest BCUT2D eigenvalue weighted by molar-refractivity contribution is 6.08. The molecule has 8 heteroatoms. The highest BCUT2D eigenvalue weighted by atomic mass is 16.5. The normalized spacial score (nSPS) is 19.3. The Kier molecular flexibility index (Phi) is 5.26. The zero-order valence-corrected chi connectivity index (χ0v) is 17.6. The van der Waals surface area contributed by atoms with Crippen molar-refractivity contribution in [2.24, 2.45) is 0 Å². The van der Waals surface area contributed by atoms with Crippen LogP contribution >= 0.6 is 0 Å². The van der Waals surface area contributed by atoms with Gasteiger partial charge in [-0.05, 0) is 36.4 Å². The number of anilines is 1. The average molecular weight is 443 g/mol. The van der Waals surface area contributed by atoms with Gasteiger partial charge in [-0.3, -0.25) is 14.6 Å². The molecule has 0 spiro atoms. The standard InChI is InChI=1S/C25H21N3O5/c29-23(18-8-1-2-9-19(18)25(31)32)28-15-17-13-21(28)24(30)27(14-16-7-5-6-12-26-16)20-10-3-4-11-22(20)33-17/h1-12,17,21H,13-15H2,(H,31,32)/t17-,21-/m0/s1. The number of para-hydroxylation sites is 2. The number of carboxylic acid groups (broad SMARTS) is 1. The number of amides is 2. The average Bonchev–Trinajstić information content (AvgIpc) is 3.27. The smallest absolute Gasteiger partial charge is 0.336 e. The van der Waals surface area contributed by atoms with Crippen molar-refractivity contribution in [2.45, 2.75) is 25.1 Å². The predicted molar refractivity (Wildman–Crippen MR) is 119 cm³/mol. The highest BCUT2D eigenvalue weighted by Gasteiger charge is 2.45. The number of hydrogen-bond donors (Lipinski definition) is 1. The third kappa shape index (κ3) is 3.80. The molecule has 0 radical (unpaired) electrons. The van der Waals surface area contributed by atoms with E-state index in [0.717, 1.165) is 0 Å². The van der Waals surface area contributed by atoms with Crippen molar-refractivity contribution in [1.29, 1.82) is 0 Å². The van der Waals surface area contributed by atoms with Crippen molar-refractivity contribution in [1.82, 2.24) is 9.88 Å². The maximum Gasteiger partial charge on any atom is 0.336 e. The van der Waals surface area contributed by atoms with Gasteiger partial charge in [0.25, 0.3) is 5.91 Å². The van der Waals surface area contributed by atoms with Crippen LogP contribution < -0.4 is 9.64 Å². The summed E-state index contributed by atoms with van der Waals surface area (Å²) in [5.74, 6) is -1.38. The van der Waals surface area contributed by atoms with Crippen LogP contribution in [-0.4, -0.2) is 51.5 Å². The quantitative estimate of drug-likeness (QED) is 0.666. The monoisotopic (exact) mass is 443 g/mol. The van der Waals surface area contributed by atoms with Gasteiger partial charge >= 0.3 is 5.97 Å². The van der Waals surface area contributed by atoms with Gasteiger partial charge < -0.3 is 19.6 Å². The molecule has 1 N–H and O–H groups in total. The number of nitrogens with zero attached hydrogens (tertiary/aromatic N) is 3. The number of hydrogen-bond acceptors (Lipinski definition) is 5. The molecule has 1 aromatic heterocycles. The summed E-state index contributed by atoms with van der Waals surface area (Å²) >= 11 is 0. The van der Waals surface area contributed by atoms with Crippen LogP contribution in [0.4, 0.5) is 5.69 Å². The van der Waals surface area contributed by atoms with E-state index in [-0.39, 0.29) is 36.2 Å². The van der Waals surface area contributed by atoms with Gasteiger partial charge in [0.15, 0.2) is 0 Å². The second-order valence-corrected chi connectivity index (χ2v) is 8.01. The number of ether oxygens (including phenoxy) is 1. The van der Waals surface area contributed by atoms with Crippen LogP contribution in [0.2, 0.25) is 0 Å². The molecule has 8 nitrogen and oxygen atoms in total. The Morgan fingerprint density at radius 3 is 2.48 bits per heavy atom. The third-order valence-corrected chi connectivity index (χ3v) is 5.96. The van der Waals surface area contributed by atoms with Crippen molar-refractivity contribution >= 4 is 23.5 Å².